The molecular formula is C14H10N2O. The molecule has 0 spiro atoms. The van der Waals surface area contributed by atoms with Crippen molar-refractivity contribution in [2.75, 3.05) is 0 Å². The van der Waals surface area contributed by atoms with Gasteiger partial charge < -0.3 is 0 Å². The van der Waals surface area contributed by atoms with Gasteiger partial charge in [-0.25, -0.2) is 4.98 Å². The summed E-state index contributed by atoms with van der Waals surface area (Å²) in [5.41, 5.74) is 2.65. The van der Waals surface area contributed by atoms with Gasteiger partial charge in [0, 0.05) is 17.3 Å². The molecule has 0 N–H and O–H groups in total. The maximum Gasteiger partial charge on any atom is 0.150 e. The van der Waals surface area contributed by atoms with Gasteiger partial charge in [-0.15, -0.1) is 0 Å². The molecule has 0 saturated heterocycles. The number of imidazole rings is 1. The van der Waals surface area contributed by atoms with Crippen LogP contribution in [0.5, 0.6) is 0 Å². The third-order valence-corrected chi connectivity index (χ3v) is 2.72. The SMILES string of the molecule is O=Cc1cccc(-c2ncc3ccccn23)c1. The molecule has 2 aromatic heterocycles. The van der Waals surface area contributed by atoms with Gasteiger partial charge in [0.05, 0.1) is 11.7 Å². The molecule has 0 atom stereocenters. The Morgan fingerprint density at radius 2 is 2.06 bits per heavy atom. The lowest BCUT2D eigenvalue weighted by molar-refractivity contribution is 0.112. The highest BCUT2D eigenvalue weighted by Gasteiger charge is 2.05. The fraction of sp³-hybridized carbons (Fsp3) is 0. The minimum absolute atomic E-state index is 0.662. The molecule has 0 amide bonds. The van der Waals surface area contributed by atoms with Crippen LogP contribution >= 0.6 is 0 Å². The van der Waals surface area contributed by atoms with Gasteiger partial charge in [-0.1, -0.05) is 24.3 Å². The van der Waals surface area contributed by atoms with Crippen LogP contribution in [0, 0.1) is 0 Å². The van der Waals surface area contributed by atoms with Gasteiger partial charge in [-0.3, -0.25) is 9.20 Å². The molecule has 3 aromatic rings. The maximum atomic E-state index is 10.8. The normalized spacial score (nSPS) is 10.6. The second-order valence-electron chi connectivity index (χ2n) is 3.82. The molecule has 0 aliphatic heterocycles. The number of aldehydes is 1. The Labute approximate surface area is 98.4 Å². The molecule has 0 aliphatic carbocycles. The summed E-state index contributed by atoms with van der Waals surface area (Å²) in [5.74, 6) is 0.851. The molecule has 1 aromatic carbocycles. The number of nitrogens with zero attached hydrogens (tertiary/aromatic N) is 2. The molecular weight excluding hydrogens is 212 g/mol. The predicted octanol–water partition coefficient (Wildman–Crippen LogP) is 2.81. The monoisotopic (exact) mass is 222 g/mol. The van der Waals surface area contributed by atoms with Crippen LogP contribution < -0.4 is 0 Å². The average Bonchev–Trinajstić information content (AvgIpc) is 2.82. The summed E-state index contributed by atoms with van der Waals surface area (Å²) in [4.78, 5) is 15.2. The van der Waals surface area contributed by atoms with Gasteiger partial charge in [0.1, 0.15) is 12.1 Å². The van der Waals surface area contributed by atoms with Crippen LogP contribution in [0.4, 0.5) is 0 Å². The minimum Gasteiger partial charge on any atom is -0.300 e. The zero-order chi connectivity index (χ0) is 11.7. The summed E-state index contributed by atoms with van der Waals surface area (Å²) in [5, 5.41) is 0. The Morgan fingerprint density at radius 3 is 2.94 bits per heavy atom. The second kappa shape index (κ2) is 3.87. The Balaban J connectivity index is 2.23. The van der Waals surface area contributed by atoms with Gasteiger partial charge in [-0.2, -0.15) is 0 Å². The van der Waals surface area contributed by atoms with E-state index in [1.54, 1.807) is 6.07 Å². The first kappa shape index (κ1) is 9.78. The number of hydrogen-bond donors (Lipinski definition) is 0. The lowest BCUT2D eigenvalue weighted by Gasteiger charge is -2.01. The van der Waals surface area contributed by atoms with E-state index in [-0.39, 0.29) is 0 Å². The van der Waals surface area contributed by atoms with Crippen molar-refractivity contribution >= 4 is 11.8 Å². The van der Waals surface area contributed by atoms with E-state index in [0.717, 1.165) is 23.2 Å². The Kier molecular flexibility index (Phi) is 2.22. The lowest BCUT2D eigenvalue weighted by atomic mass is 10.1. The Bertz CT molecular complexity index is 685. The number of benzene rings is 1. The van der Waals surface area contributed by atoms with Gasteiger partial charge in [0.25, 0.3) is 0 Å². The van der Waals surface area contributed by atoms with Crippen LogP contribution in [0.3, 0.4) is 0 Å². The first-order valence-corrected chi connectivity index (χ1v) is 5.36. The van der Waals surface area contributed by atoms with Crippen LogP contribution in [-0.4, -0.2) is 15.7 Å². The van der Waals surface area contributed by atoms with Gasteiger partial charge >= 0.3 is 0 Å². The van der Waals surface area contributed by atoms with Crippen molar-refractivity contribution in [2.45, 2.75) is 0 Å². The average molecular weight is 222 g/mol. The molecule has 0 aliphatic rings. The third kappa shape index (κ3) is 1.61. The largest absolute Gasteiger partial charge is 0.300 e. The highest BCUT2D eigenvalue weighted by molar-refractivity contribution is 5.78. The number of rotatable bonds is 2. The third-order valence-electron chi connectivity index (χ3n) is 2.72. The fourth-order valence-electron chi connectivity index (χ4n) is 1.91. The minimum atomic E-state index is 0.662. The van der Waals surface area contributed by atoms with Crippen molar-refractivity contribution in [3.63, 3.8) is 0 Å². The number of fused-ring (bicyclic) bond motifs is 1. The zero-order valence-electron chi connectivity index (χ0n) is 9.08. The number of hydrogen-bond acceptors (Lipinski definition) is 2. The molecule has 0 unspecified atom stereocenters. The summed E-state index contributed by atoms with van der Waals surface area (Å²) in [6.45, 7) is 0. The molecule has 3 nitrogen and oxygen atoms in total. The van der Waals surface area contributed by atoms with E-state index in [0.29, 0.717) is 5.56 Å². The van der Waals surface area contributed by atoms with Gasteiger partial charge in [0.15, 0.2) is 0 Å². The van der Waals surface area contributed by atoms with E-state index in [9.17, 15) is 4.79 Å². The topological polar surface area (TPSA) is 34.4 Å². The zero-order valence-corrected chi connectivity index (χ0v) is 9.08. The number of carbonyl (C=O) groups is 1. The van der Waals surface area contributed by atoms with Crippen molar-refractivity contribution in [2.24, 2.45) is 0 Å². The lowest BCUT2D eigenvalue weighted by Crippen LogP contribution is -1.89. The number of carbonyl (C=O) groups excluding carboxylic acids is 1. The second-order valence-corrected chi connectivity index (χ2v) is 3.82. The van der Waals surface area contributed by atoms with Crippen molar-refractivity contribution in [3.05, 3.63) is 60.4 Å². The van der Waals surface area contributed by atoms with E-state index >= 15 is 0 Å². The molecule has 3 rings (SSSR count). The highest BCUT2D eigenvalue weighted by atomic mass is 16.1. The fourth-order valence-corrected chi connectivity index (χ4v) is 1.91. The van der Waals surface area contributed by atoms with Gasteiger partial charge in [0.2, 0.25) is 0 Å². The Morgan fingerprint density at radius 1 is 1.12 bits per heavy atom. The quantitative estimate of drug-likeness (QED) is 0.625. The van der Waals surface area contributed by atoms with Crippen LogP contribution in [0.25, 0.3) is 16.9 Å². The molecule has 0 saturated carbocycles. The van der Waals surface area contributed by atoms with E-state index in [4.69, 9.17) is 0 Å². The number of pyridine rings is 1. The van der Waals surface area contributed by atoms with E-state index in [1.165, 1.54) is 0 Å². The molecule has 82 valence electrons. The van der Waals surface area contributed by atoms with Gasteiger partial charge in [-0.05, 0) is 18.2 Å². The van der Waals surface area contributed by atoms with Crippen LogP contribution in [-0.2, 0) is 0 Å². The van der Waals surface area contributed by atoms with Crippen molar-refractivity contribution in [3.8, 4) is 11.4 Å². The molecule has 0 bridgehead atoms. The molecule has 0 fully saturated rings. The highest BCUT2D eigenvalue weighted by Crippen LogP contribution is 2.20. The summed E-state index contributed by atoms with van der Waals surface area (Å²) < 4.78 is 2.00. The summed E-state index contributed by atoms with van der Waals surface area (Å²) in [6, 6.07) is 13.4. The van der Waals surface area contributed by atoms with Crippen LogP contribution in [0.2, 0.25) is 0 Å². The van der Waals surface area contributed by atoms with E-state index < -0.39 is 0 Å². The van der Waals surface area contributed by atoms with E-state index in [2.05, 4.69) is 4.98 Å². The predicted molar refractivity (Wildman–Crippen MR) is 66.0 cm³/mol. The van der Waals surface area contributed by atoms with Crippen LogP contribution in [0.15, 0.2) is 54.9 Å². The number of aromatic nitrogens is 2. The smallest absolute Gasteiger partial charge is 0.150 e. The van der Waals surface area contributed by atoms with Crippen molar-refractivity contribution in [1.82, 2.24) is 9.38 Å². The molecule has 17 heavy (non-hydrogen) atoms. The summed E-state index contributed by atoms with van der Waals surface area (Å²) in [6.07, 6.45) is 4.63. The first-order valence-electron chi connectivity index (χ1n) is 5.36. The molecule has 0 radical (unpaired) electrons. The van der Waals surface area contributed by atoms with E-state index in [1.807, 2.05) is 53.2 Å². The van der Waals surface area contributed by atoms with Crippen LogP contribution in [0.1, 0.15) is 10.4 Å². The molecule has 2 heterocycles. The molecule has 3 heteroatoms. The van der Waals surface area contributed by atoms with Crippen molar-refractivity contribution < 1.29 is 4.79 Å². The summed E-state index contributed by atoms with van der Waals surface area (Å²) >= 11 is 0. The van der Waals surface area contributed by atoms with Crippen molar-refractivity contribution in [1.29, 1.82) is 0 Å². The Hall–Kier alpha value is -2.42. The first-order chi connectivity index (χ1) is 8.38. The maximum absolute atomic E-state index is 10.8. The standard InChI is InChI=1S/C14H10N2O/c17-10-11-4-3-5-12(8-11)14-15-9-13-6-1-2-7-16(13)14/h1-10H. The summed E-state index contributed by atoms with van der Waals surface area (Å²) in [7, 11) is 0.